The number of nitrogens with zero attached hydrogens (tertiary/aromatic N) is 1. The fraction of sp³-hybridized carbons (Fsp3) is 0.273. The maximum absolute atomic E-state index is 12.1. The summed E-state index contributed by atoms with van der Waals surface area (Å²) in [5.74, 6) is -2.85. The Kier molecular flexibility index (Phi) is 4.80. The number of nitrogens with one attached hydrogen (secondary N) is 1. The van der Waals surface area contributed by atoms with E-state index in [2.05, 4.69) is 4.74 Å². The van der Waals surface area contributed by atoms with Crippen molar-refractivity contribution < 1.29 is 31.1 Å². The van der Waals surface area contributed by atoms with Crippen LogP contribution in [0.5, 0.6) is 0 Å². The third-order valence-corrected chi connectivity index (χ3v) is 3.42. The van der Waals surface area contributed by atoms with Crippen molar-refractivity contribution in [2.75, 3.05) is 17.6 Å². The average Bonchev–Trinajstić information content (AvgIpc) is 2.34. The van der Waals surface area contributed by atoms with Crippen LogP contribution in [-0.2, 0) is 14.8 Å². The number of methoxy groups -OCH3 is 1. The minimum absolute atomic E-state index is 0.0344. The molecule has 114 valence electrons. The molecule has 0 atom stereocenters. The van der Waals surface area contributed by atoms with Gasteiger partial charge in [-0.05, 0) is 18.2 Å². The SMILES string of the molecule is COC(=O)c1ccc(NS(=O)(=O)CC(F)(F)F)c(C#N)c1. The Morgan fingerprint density at radius 1 is 1.43 bits per heavy atom. The van der Waals surface area contributed by atoms with Crippen LogP contribution >= 0.6 is 0 Å². The molecule has 1 rings (SSSR count). The number of ether oxygens (including phenoxy) is 1. The lowest BCUT2D eigenvalue weighted by molar-refractivity contribution is -0.106. The van der Waals surface area contributed by atoms with E-state index >= 15 is 0 Å². The zero-order valence-corrected chi connectivity index (χ0v) is 11.4. The molecule has 1 N–H and O–H groups in total. The standard InChI is InChI=1S/C11H9F3N2O4S/c1-20-10(17)7-2-3-9(8(4-7)5-15)16-21(18,19)6-11(12,13)14/h2-4,16H,6H2,1H3. The monoisotopic (exact) mass is 322 g/mol. The molecule has 0 saturated heterocycles. The molecule has 0 aliphatic carbocycles. The van der Waals surface area contributed by atoms with E-state index in [-0.39, 0.29) is 16.8 Å². The van der Waals surface area contributed by atoms with Gasteiger partial charge in [0.25, 0.3) is 0 Å². The van der Waals surface area contributed by atoms with Crippen LogP contribution in [0.3, 0.4) is 0 Å². The van der Waals surface area contributed by atoms with Gasteiger partial charge in [0.2, 0.25) is 10.0 Å². The molecular weight excluding hydrogens is 313 g/mol. The quantitative estimate of drug-likeness (QED) is 0.850. The molecule has 6 nitrogen and oxygen atoms in total. The summed E-state index contributed by atoms with van der Waals surface area (Å²) in [6.45, 7) is 0. The van der Waals surface area contributed by atoms with Gasteiger partial charge in [-0.3, -0.25) is 4.72 Å². The molecule has 0 aliphatic heterocycles. The van der Waals surface area contributed by atoms with Gasteiger partial charge in [-0.25, -0.2) is 13.2 Å². The Bertz CT molecular complexity index is 692. The second-order valence-corrected chi connectivity index (χ2v) is 5.56. The number of rotatable bonds is 4. The van der Waals surface area contributed by atoms with E-state index in [4.69, 9.17) is 5.26 Å². The van der Waals surface area contributed by atoms with E-state index in [0.29, 0.717) is 0 Å². The van der Waals surface area contributed by atoms with Crippen molar-refractivity contribution in [3.63, 3.8) is 0 Å². The molecule has 0 radical (unpaired) electrons. The van der Waals surface area contributed by atoms with Crippen molar-refractivity contribution in [1.29, 1.82) is 5.26 Å². The van der Waals surface area contributed by atoms with Gasteiger partial charge < -0.3 is 4.74 Å². The van der Waals surface area contributed by atoms with E-state index in [0.717, 1.165) is 25.3 Å². The number of benzene rings is 1. The third kappa shape index (κ3) is 4.96. The second kappa shape index (κ2) is 6.01. The van der Waals surface area contributed by atoms with E-state index < -0.39 is 27.9 Å². The number of sulfonamides is 1. The molecule has 0 unspecified atom stereocenters. The van der Waals surface area contributed by atoms with Crippen LogP contribution in [0.4, 0.5) is 18.9 Å². The highest BCUT2D eigenvalue weighted by molar-refractivity contribution is 7.92. The largest absolute Gasteiger partial charge is 0.465 e. The average molecular weight is 322 g/mol. The first kappa shape index (κ1) is 16.8. The molecule has 21 heavy (non-hydrogen) atoms. The van der Waals surface area contributed by atoms with Crippen molar-refractivity contribution in [3.8, 4) is 6.07 Å². The number of nitriles is 1. The van der Waals surface area contributed by atoms with Crippen LogP contribution in [0.25, 0.3) is 0 Å². The number of hydrogen-bond donors (Lipinski definition) is 1. The number of halogens is 3. The number of alkyl halides is 3. The number of hydrogen-bond acceptors (Lipinski definition) is 5. The highest BCUT2D eigenvalue weighted by Crippen LogP contribution is 2.22. The molecule has 0 spiro atoms. The minimum Gasteiger partial charge on any atom is -0.465 e. The Balaban J connectivity index is 3.11. The molecule has 1 aromatic carbocycles. The van der Waals surface area contributed by atoms with Crippen molar-refractivity contribution in [2.45, 2.75) is 6.18 Å². The van der Waals surface area contributed by atoms with Crippen molar-refractivity contribution in [1.82, 2.24) is 0 Å². The number of carbonyl (C=O) groups is 1. The number of carbonyl (C=O) groups excluding carboxylic acids is 1. The fourth-order valence-electron chi connectivity index (χ4n) is 1.39. The summed E-state index contributed by atoms with van der Waals surface area (Å²) in [7, 11) is -3.60. The zero-order chi connectivity index (χ0) is 16.3. The predicted octanol–water partition coefficient (Wildman–Crippen LogP) is 1.65. The molecule has 0 aliphatic rings. The van der Waals surface area contributed by atoms with E-state index in [1.165, 1.54) is 0 Å². The molecule has 0 bridgehead atoms. The second-order valence-electron chi connectivity index (χ2n) is 3.84. The summed E-state index contributed by atoms with van der Waals surface area (Å²) in [4.78, 5) is 11.2. The van der Waals surface area contributed by atoms with Gasteiger partial charge in [-0.1, -0.05) is 0 Å². The summed E-state index contributed by atoms with van der Waals surface area (Å²) >= 11 is 0. The summed E-state index contributed by atoms with van der Waals surface area (Å²) in [5.41, 5.74) is -0.689. The topological polar surface area (TPSA) is 96.3 Å². The zero-order valence-electron chi connectivity index (χ0n) is 10.6. The van der Waals surface area contributed by atoms with Crippen LogP contribution in [0.2, 0.25) is 0 Å². The van der Waals surface area contributed by atoms with Gasteiger partial charge in [-0.15, -0.1) is 0 Å². The number of esters is 1. The summed E-state index contributed by atoms with van der Waals surface area (Å²) in [5, 5.41) is 8.87. The van der Waals surface area contributed by atoms with E-state index in [9.17, 15) is 26.4 Å². The molecule has 0 saturated carbocycles. The molecule has 1 aromatic rings. The maximum Gasteiger partial charge on any atom is 0.404 e. The lowest BCUT2D eigenvalue weighted by Gasteiger charge is -2.11. The van der Waals surface area contributed by atoms with Crippen molar-refractivity contribution in [3.05, 3.63) is 29.3 Å². The summed E-state index contributed by atoms with van der Waals surface area (Å²) in [6.07, 6.45) is -4.91. The maximum atomic E-state index is 12.1. The third-order valence-electron chi connectivity index (χ3n) is 2.18. The highest BCUT2D eigenvalue weighted by atomic mass is 32.2. The summed E-state index contributed by atoms with van der Waals surface area (Å²) in [6, 6.07) is 4.73. The highest BCUT2D eigenvalue weighted by Gasteiger charge is 2.35. The number of anilines is 1. The molecule has 0 fully saturated rings. The Hall–Kier alpha value is -2.28. The lowest BCUT2D eigenvalue weighted by Crippen LogP contribution is -2.28. The molecule has 0 aromatic heterocycles. The Morgan fingerprint density at radius 2 is 2.05 bits per heavy atom. The molecule has 0 heterocycles. The first-order valence-corrected chi connectivity index (χ1v) is 6.93. The van der Waals surface area contributed by atoms with Gasteiger partial charge in [0.05, 0.1) is 23.9 Å². The van der Waals surface area contributed by atoms with Crippen LogP contribution in [0.1, 0.15) is 15.9 Å². The van der Waals surface area contributed by atoms with Gasteiger partial charge in [-0.2, -0.15) is 18.4 Å². The fourth-order valence-corrected chi connectivity index (χ4v) is 2.41. The first-order valence-electron chi connectivity index (χ1n) is 5.27. The van der Waals surface area contributed by atoms with Gasteiger partial charge in [0, 0.05) is 0 Å². The van der Waals surface area contributed by atoms with Crippen LogP contribution < -0.4 is 4.72 Å². The van der Waals surface area contributed by atoms with Crippen LogP contribution in [0, 0.1) is 11.3 Å². The normalized spacial score (nSPS) is 11.6. The van der Waals surface area contributed by atoms with E-state index in [1.807, 2.05) is 0 Å². The lowest BCUT2D eigenvalue weighted by atomic mass is 10.1. The van der Waals surface area contributed by atoms with Gasteiger partial charge in [0.15, 0.2) is 5.75 Å². The van der Waals surface area contributed by atoms with Gasteiger partial charge >= 0.3 is 12.1 Å². The Labute approximate surface area is 118 Å². The van der Waals surface area contributed by atoms with Gasteiger partial charge in [0.1, 0.15) is 6.07 Å². The molecule has 0 amide bonds. The first-order chi connectivity index (χ1) is 9.58. The van der Waals surface area contributed by atoms with Crippen molar-refractivity contribution in [2.24, 2.45) is 0 Å². The molecule has 10 heteroatoms. The van der Waals surface area contributed by atoms with E-state index in [1.54, 1.807) is 10.8 Å². The summed E-state index contributed by atoms with van der Waals surface area (Å²) < 4.78 is 65.0. The van der Waals surface area contributed by atoms with Crippen LogP contribution in [0.15, 0.2) is 18.2 Å². The van der Waals surface area contributed by atoms with Crippen molar-refractivity contribution >= 4 is 21.7 Å². The minimum atomic E-state index is -4.91. The predicted molar refractivity (Wildman–Crippen MR) is 66.0 cm³/mol. The Morgan fingerprint density at radius 3 is 2.52 bits per heavy atom. The smallest absolute Gasteiger partial charge is 0.404 e. The van der Waals surface area contributed by atoms with Crippen LogP contribution in [-0.4, -0.2) is 33.4 Å². The molecular formula is C11H9F3N2O4S.